The molecule has 0 radical (unpaired) electrons. The number of carbonyl (C=O) groups excluding carboxylic acids is 1. The van der Waals surface area contributed by atoms with Crippen LogP contribution >= 0.6 is 15.9 Å². The Morgan fingerprint density at radius 2 is 1.93 bits per heavy atom. The summed E-state index contributed by atoms with van der Waals surface area (Å²) in [4.78, 5) is 10.3. The molecule has 0 saturated heterocycles. The summed E-state index contributed by atoms with van der Waals surface area (Å²) < 4.78 is 0. The molecule has 0 spiro atoms. The van der Waals surface area contributed by atoms with Crippen LogP contribution in [-0.2, 0) is 5.33 Å². The van der Waals surface area contributed by atoms with Crippen LogP contribution in [0, 0.1) is 0 Å². The molecule has 1 aromatic carbocycles. The molecule has 0 atom stereocenters. The largest absolute Gasteiger partial charge is 0.507 e. The van der Waals surface area contributed by atoms with Crippen molar-refractivity contribution >= 4 is 22.2 Å². The van der Waals surface area contributed by atoms with E-state index in [4.69, 9.17) is 16.6 Å². The highest BCUT2D eigenvalue weighted by atomic mass is 79.9. The van der Waals surface area contributed by atoms with Crippen molar-refractivity contribution < 1.29 is 9.90 Å². The van der Waals surface area contributed by atoms with Crippen molar-refractivity contribution in [2.45, 2.75) is 5.33 Å². The van der Waals surface area contributed by atoms with Crippen molar-refractivity contribution in [3.05, 3.63) is 29.3 Å². The monoisotopic (exact) mass is 274 g/mol. The molecule has 5 heteroatoms. The van der Waals surface area contributed by atoms with Gasteiger partial charge in [-0.25, -0.2) is 0 Å². The zero-order valence-corrected chi connectivity index (χ0v) is 9.90. The molecule has 0 bridgehead atoms. The van der Waals surface area contributed by atoms with Gasteiger partial charge in [-0.15, -0.1) is 0 Å². The van der Waals surface area contributed by atoms with Crippen LogP contribution in [0.1, 0.15) is 15.9 Å². The lowest BCUT2D eigenvalue weighted by atomic mass is 10.1. The van der Waals surface area contributed by atoms with E-state index in [1.165, 1.54) is 6.07 Å². The van der Waals surface area contributed by atoms with Crippen LogP contribution in [0.2, 0.25) is 0 Å². The van der Waals surface area contributed by atoms with E-state index in [0.29, 0.717) is 30.3 Å². The van der Waals surface area contributed by atoms with E-state index in [2.05, 4.69) is 15.9 Å². The molecule has 5 N–H and O–H groups in total. The average Bonchev–Trinajstić information content (AvgIpc) is 2.30. The first-order valence-corrected chi connectivity index (χ1v) is 5.54. The molecular weight excluding hydrogens is 260 g/mol. The van der Waals surface area contributed by atoms with E-state index >= 15 is 0 Å². The lowest BCUT2D eigenvalue weighted by Crippen LogP contribution is -2.11. The summed E-state index contributed by atoms with van der Waals surface area (Å²) in [6, 6.07) is 4.93. The van der Waals surface area contributed by atoms with E-state index in [0.717, 1.165) is 5.56 Å². The molecule has 0 aliphatic rings. The minimum Gasteiger partial charge on any atom is -0.507 e. The molecule has 1 rings (SSSR count). The standard InChI is InChI=1S/C8H7BrO2.C2H8N2/c9-4-6-1-2-8(11)7(3-6)5-10;3-1-2-4/h1-3,5,11H,4H2;1-4H2. The highest BCUT2D eigenvalue weighted by molar-refractivity contribution is 9.08. The van der Waals surface area contributed by atoms with Gasteiger partial charge in [-0.1, -0.05) is 22.0 Å². The first kappa shape index (κ1) is 14.1. The van der Waals surface area contributed by atoms with Crippen molar-refractivity contribution in [3.63, 3.8) is 0 Å². The third kappa shape index (κ3) is 5.51. The van der Waals surface area contributed by atoms with Gasteiger partial charge in [-0.2, -0.15) is 0 Å². The quantitative estimate of drug-likeness (QED) is 0.567. The summed E-state index contributed by atoms with van der Waals surface area (Å²) in [6.45, 7) is 1.19. The van der Waals surface area contributed by atoms with Crippen LogP contribution in [0.5, 0.6) is 5.75 Å². The Balaban J connectivity index is 0.000000423. The zero-order valence-electron chi connectivity index (χ0n) is 8.32. The third-order valence-corrected chi connectivity index (χ3v) is 2.19. The van der Waals surface area contributed by atoms with Crippen LogP contribution in [0.3, 0.4) is 0 Å². The number of hydrogen-bond donors (Lipinski definition) is 3. The molecule has 0 aromatic heterocycles. The molecule has 0 heterocycles. The fraction of sp³-hybridized carbons (Fsp3) is 0.300. The Bertz CT molecular complexity index is 303. The number of carbonyl (C=O) groups is 1. The van der Waals surface area contributed by atoms with Gasteiger partial charge in [0.15, 0.2) is 6.29 Å². The fourth-order valence-corrected chi connectivity index (χ4v) is 1.13. The number of nitrogens with two attached hydrogens (primary N) is 2. The number of aldehydes is 1. The first-order chi connectivity index (χ1) is 7.19. The Labute approximate surface area is 97.4 Å². The van der Waals surface area contributed by atoms with Gasteiger partial charge in [-0.05, 0) is 17.7 Å². The Kier molecular flexibility index (Phi) is 7.89. The van der Waals surface area contributed by atoms with Crippen LogP contribution < -0.4 is 11.5 Å². The molecule has 1 aromatic rings. The van der Waals surface area contributed by atoms with Gasteiger partial charge in [0.05, 0.1) is 5.56 Å². The van der Waals surface area contributed by atoms with E-state index in [1.54, 1.807) is 12.1 Å². The molecule has 0 aliphatic heterocycles. The number of halogens is 1. The van der Waals surface area contributed by atoms with Crippen molar-refractivity contribution in [3.8, 4) is 5.75 Å². The highest BCUT2D eigenvalue weighted by Crippen LogP contribution is 2.17. The van der Waals surface area contributed by atoms with E-state index in [9.17, 15) is 4.79 Å². The maximum Gasteiger partial charge on any atom is 0.153 e. The van der Waals surface area contributed by atoms with Gasteiger partial charge < -0.3 is 16.6 Å². The molecule has 0 aliphatic carbocycles. The minimum atomic E-state index is 0.0321. The van der Waals surface area contributed by atoms with Gasteiger partial charge in [0, 0.05) is 18.4 Å². The van der Waals surface area contributed by atoms with Gasteiger partial charge in [-0.3, -0.25) is 4.79 Å². The maximum atomic E-state index is 10.3. The number of alkyl halides is 1. The van der Waals surface area contributed by atoms with Gasteiger partial charge in [0.2, 0.25) is 0 Å². The van der Waals surface area contributed by atoms with Crippen molar-refractivity contribution in [1.82, 2.24) is 0 Å². The predicted molar refractivity (Wildman–Crippen MR) is 64.2 cm³/mol. The molecule has 0 amide bonds. The van der Waals surface area contributed by atoms with Gasteiger partial charge >= 0.3 is 0 Å². The zero-order chi connectivity index (χ0) is 11.7. The second kappa shape index (κ2) is 8.40. The predicted octanol–water partition coefficient (Wildman–Crippen LogP) is 1.00. The summed E-state index contributed by atoms with van der Waals surface area (Å²) in [6.07, 6.45) is 0.640. The summed E-state index contributed by atoms with van der Waals surface area (Å²) in [7, 11) is 0. The minimum absolute atomic E-state index is 0.0321. The van der Waals surface area contributed by atoms with Crippen LogP contribution in [0.15, 0.2) is 18.2 Å². The number of phenolic OH excluding ortho intramolecular Hbond substituents is 1. The summed E-state index contributed by atoms with van der Waals surface area (Å²) >= 11 is 3.25. The number of benzene rings is 1. The van der Waals surface area contributed by atoms with Gasteiger partial charge in [0.25, 0.3) is 0 Å². The summed E-state index contributed by atoms with van der Waals surface area (Å²) in [5.41, 5.74) is 11.1. The maximum absolute atomic E-state index is 10.3. The molecule has 4 nitrogen and oxygen atoms in total. The summed E-state index contributed by atoms with van der Waals surface area (Å²) in [5, 5.41) is 9.77. The molecule has 84 valence electrons. The SMILES string of the molecule is NCCN.O=Cc1cc(CBr)ccc1O. The smallest absolute Gasteiger partial charge is 0.153 e. The molecular formula is C10H15BrN2O2. The number of aromatic hydroxyl groups is 1. The Morgan fingerprint density at radius 1 is 1.33 bits per heavy atom. The third-order valence-electron chi connectivity index (χ3n) is 1.54. The average molecular weight is 275 g/mol. The van der Waals surface area contributed by atoms with E-state index < -0.39 is 0 Å². The van der Waals surface area contributed by atoms with Gasteiger partial charge in [0.1, 0.15) is 5.75 Å². The fourth-order valence-electron chi connectivity index (χ4n) is 0.782. The molecule has 0 saturated carbocycles. The normalized spacial score (nSPS) is 9.00. The van der Waals surface area contributed by atoms with E-state index in [-0.39, 0.29) is 5.75 Å². The van der Waals surface area contributed by atoms with Crippen molar-refractivity contribution in [2.75, 3.05) is 13.1 Å². The second-order valence-corrected chi connectivity index (χ2v) is 3.28. The van der Waals surface area contributed by atoms with Crippen LogP contribution in [0.25, 0.3) is 0 Å². The van der Waals surface area contributed by atoms with Crippen LogP contribution in [-0.4, -0.2) is 24.5 Å². The first-order valence-electron chi connectivity index (χ1n) is 4.42. The molecule has 0 fully saturated rings. The lowest BCUT2D eigenvalue weighted by Gasteiger charge is -1.98. The number of phenols is 1. The van der Waals surface area contributed by atoms with Crippen molar-refractivity contribution in [2.24, 2.45) is 11.5 Å². The molecule has 15 heavy (non-hydrogen) atoms. The van der Waals surface area contributed by atoms with Crippen LogP contribution in [0.4, 0.5) is 0 Å². The summed E-state index contributed by atoms with van der Waals surface area (Å²) in [5.74, 6) is 0.0321. The topological polar surface area (TPSA) is 89.3 Å². The Morgan fingerprint density at radius 3 is 2.33 bits per heavy atom. The Hall–Kier alpha value is -0.910. The van der Waals surface area contributed by atoms with E-state index in [1.807, 2.05) is 0 Å². The highest BCUT2D eigenvalue weighted by Gasteiger charge is 1.99. The lowest BCUT2D eigenvalue weighted by molar-refractivity contribution is 0.112. The number of hydrogen-bond acceptors (Lipinski definition) is 4. The van der Waals surface area contributed by atoms with Crippen molar-refractivity contribution in [1.29, 1.82) is 0 Å². The second-order valence-electron chi connectivity index (χ2n) is 2.72. The molecule has 0 unspecified atom stereocenters. The number of rotatable bonds is 3.